The van der Waals surface area contributed by atoms with Gasteiger partial charge in [0.2, 0.25) is 5.95 Å². The van der Waals surface area contributed by atoms with Crippen molar-refractivity contribution in [1.82, 2.24) is 15.0 Å². The molecule has 0 unspecified atom stereocenters. The minimum absolute atomic E-state index is 0.192. The summed E-state index contributed by atoms with van der Waals surface area (Å²) < 4.78 is 0.485. The molecule has 78 valence electrons. The predicted octanol–water partition coefficient (Wildman–Crippen LogP) is 1.43. The van der Waals surface area contributed by atoms with Crippen LogP contribution in [0.3, 0.4) is 0 Å². The third-order valence-electron chi connectivity index (χ3n) is 2.08. The van der Waals surface area contributed by atoms with E-state index >= 15 is 0 Å². The van der Waals surface area contributed by atoms with E-state index in [4.69, 9.17) is 0 Å². The number of hydrogen-bond donors (Lipinski definition) is 2. The van der Waals surface area contributed by atoms with E-state index in [0.29, 0.717) is 16.1 Å². The summed E-state index contributed by atoms with van der Waals surface area (Å²) in [4.78, 5) is 22.4. The van der Waals surface area contributed by atoms with Crippen LogP contribution in [0.4, 0.5) is 5.95 Å². The Bertz CT molecular complexity index is 578. The molecule has 2 aromatic rings. The van der Waals surface area contributed by atoms with Crippen molar-refractivity contribution in [3.8, 4) is 0 Å². The second-order valence-electron chi connectivity index (χ2n) is 3.09. The van der Waals surface area contributed by atoms with Crippen LogP contribution in [0.25, 0.3) is 11.0 Å². The van der Waals surface area contributed by atoms with Gasteiger partial charge in [0.05, 0.1) is 10.2 Å². The smallest absolute Gasteiger partial charge is 0.263 e. The van der Waals surface area contributed by atoms with Gasteiger partial charge in [0, 0.05) is 12.4 Å². The largest absolute Gasteiger partial charge is 0.357 e. The van der Waals surface area contributed by atoms with Crippen LogP contribution in [0.2, 0.25) is 0 Å². The number of halogens is 1. The molecule has 0 bridgehead atoms. The fraction of sp³-hybridized carbons (Fsp3) is 0.222. The first-order valence-corrected chi connectivity index (χ1v) is 5.16. The Hall–Kier alpha value is -1.43. The first-order valence-electron chi connectivity index (χ1n) is 4.36. The van der Waals surface area contributed by atoms with Gasteiger partial charge < -0.3 is 10.3 Å². The van der Waals surface area contributed by atoms with Crippen molar-refractivity contribution in [2.45, 2.75) is 6.92 Å². The van der Waals surface area contributed by atoms with Gasteiger partial charge in [-0.05, 0) is 28.9 Å². The molecule has 15 heavy (non-hydrogen) atoms. The van der Waals surface area contributed by atoms with E-state index in [1.807, 2.05) is 6.92 Å². The molecule has 0 aliphatic rings. The summed E-state index contributed by atoms with van der Waals surface area (Å²) in [6, 6.07) is 1.73. The number of pyridine rings is 1. The summed E-state index contributed by atoms with van der Waals surface area (Å²) in [7, 11) is 1.73. The summed E-state index contributed by atoms with van der Waals surface area (Å²) in [6.45, 7) is 1.87. The highest BCUT2D eigenvalue weighted by atomic mass is 79.9. The normalized spacial score (nSPS) is 10.6. The molecule has 0 aliphatic carbocycles. The molecule has 2 rings (SSSR count). The van der Waals surface area contributed by atoms with E-state index < -0.39 is 0 Å². The van der Waals surface area contributed by atoms with Gasteiger partial charge in [0.1, 0.15) is 5.65 Å². The minimum Gasteiger partial charge on any atom is -0.357 e. The van der Waals surface area contributed by atoms with Crippen LogP contribution in [0.15, 0.2) is 15.3 Å². The fourth-order valence-electron chi connectivity index (χ4n) is 1.32. The van der Waals surface area contributed by atoms with Gasteiger partial charge in [-0.1, -0.05) is 0 Å². The number of aryl methyl sites for hydroxylation is 1. The maximum absolute atomic E-state index is 11.4. The summed E-state index contributed by atoms with van der Waals surface area (Å²) >= 11 is 3.17. The van der Waals surface area contributed by atoms with Gasteiger partial charge in [-0.3, -0.25) is 4.79 Å². The third-order valence-corrected chi connectivity index (χ3v) is 2.67. The third kappa shape index (κ3) is 1.72. The maximum Gasteiger partial charge on any atom is 0.263 e. The van der Waals surface area contributed by atoms with Gasteiger partial charge in [0.15, 0.2) is 0 Å². The van der Waals surface area contributed by atoms with E-state index in [2.05, 4.69) is 36.2 Å². The second kappa shape index (κ2) is 3.62. The van der Waals surface area contributed by atoms with Crippen LogP contribution in [-0.4, -0.2) is 22.0 Å². The summed E-state index contributed by atoms with van der Waals surface area (Å²) in [5.74, 6) is 0.498. The van der Waals surface area contributed by atoms with Gasteiger partial charge in [-0.25, -0.2) is 4.98 Å². The van der Waals surface area contributed by atoms with Crippen LogP contribution in [0.5, 0.6) is 0 Å². The zero-order valence-electron chi connectivity index (χ0n) is 8.26. The monoisotopic (exact) mass is 268 g/mol. The molecule has 0 amide bonds. The molecule has 0 atom stereocenters. The lowest BCUT2D eigenvalue weighted by molar-refractivity contribution is 1.10. The summed E-state index contributed by atoms with van der Waals surface area (Å²) in [5.41, 5.74) is 1.17. The average Bonchev–Trinajstić information content (AvgIpc) is 2.21. The van der Waals surface area contributed by atoms with Crippen LogP contribution < -0.4 is 10.9 Å². The molecule has 2 heterocycles. The highest BCUT2D eigenvalue weighted by Gasteiger charge is 2.06. The Kier molecular flexibility index (Phi) is 2.44. The van der Waals surface area contributed by atoms with Crippen LogP contribution in [0.1, 0.15) is 5.69 Å². The number of aromatic amines is 1. The highest BCUT2D eigenvalue weighted by Crippen LogP contribution is 2.16. The van der Waals surface area contributed by atoms with Gasteiger partial charge in [0.25, 0.3) is 5.56 Å². The van der Waals surface area contributed by atoms with Crippen LogP contribution in [-0.2, 0) is 0 Å². The van der Waals surface area contributed by atoms with Crippen molar-refractivity contribution >= 4 is 32.9 Å². The minimum atomic E-state index is -0.192. The van der Waals surface area contributed by atoms with Gasteiger partial charge in [-0.15, -0.1) is 0 Å². The molecule has 6 heteroatoms. The number of nitrogens with zero attached hydrogens (tertiary/aromatic N) is 2. The topological polar surface area (TPSA) is 70.7 Å². The molecule has 2 N–H and O–H groups in total. The average molecular weight is 269 g/mol. The van der Waals surface area contributed by atoms with Crippen molar-refractivity contribution in [2.24, 2.45) is 0 Å². The zero-order chi connectivity index (χ0) is 11.0. The predicted molar refractivity (Wildman–Crippen MR) is 62.1 cm³/mol. The van der Waals surface area contributed by atoms with E-state index in [1.165, 1.54) is 0 Å². The quantitative estimate of drug-likeness (QED) is 0.821. The molecule has 0 saturated carbocycles. The number of anilines is 1. The first kappa shape index (κ1) is 10.1. The van der Waals surface area contributed by atoms with Crippen molar-refractivity contribution < 1.29 is 0 Å². The molecule has 0 radical (unpaired) electrons. The number of H-pyrrole nitrogens is 1. The van der Waals surface area contributed by atoms with Crippen molar-refractivity contribution in [3.63, 3.8) is 0 Å². The lowest BCUT2D eigenvalue weighted by Crippen LogP contribution is -2.09. The second-order valence-corrected chi connectivity index (χ2v) is 3.95. The van der Waals surface area contributed by atoms with E-state index in [-0.39, 0.29) is 5.56 Å². The van der Waals surface area contributed by atoms with Gasteiger partial charge in [-0.2, -0.15) is 4.98 Å². The molecule has 0 spiro atoms. The zero-order valence-corrected chi connectivity index (χ0v) is 9.84. The molecular formula is C9H9BrN4O. The summed E-state index contributed by atoms with van der Waals surface area (Å²) in [6.07, 6.45) is 0. The molecular weight excluding hydrogens is 260 g/mol. The molecule has 2 aromatic heterocycles. The summed E-state index contributed by atoms with van der Waals surface area (Å²) in [5, 5.41) is 3.67. The lowest BCUT2D eigenvalue weighted by atomic mass is 10.2. The van der Waals surface area contributed by atoms with E-state index in [0.717, 1.165) is 11.1 Å². The fourth-order valence-corrected chi connectivity index (χ4v) is 1.65. The Morgan fingerprint density at radius 1 is 1.47 bits per heavy atom. The lowest BCUT2D eigenvalue weighted by Gasteiger charge is -2.04. The first-order chi connectivity index (χ1) is 7.11. The van der Waals surface area contributed by atoms with Crippen molar-refractivity contribution in [1.29, 1.82) is 0 Å². The SMILES string of the molecule is CNc1nc(C)c2cc(Br)c(=O)[nH]c2n1. The number of aromatic nitrogens is 3. The molecule has 0 saturated heterocycles. The Labute approximate surface area is 94.1 Å². The van der Waals surface area contributed by atoms with Crippen LogP contribution >= 0.6 is 15.9 Å². The maximum atomic E-state index is 11.4. The number of fused-ring (bicyclic) bond motifs is 1. The standard InChI is InChI=1S/C9H9BrN4O/c1-4-5-3-6(10)8(15)13-7(5)14-9(11-2)12-4/h3H,1-2H3,(H2,11,12,13,14,15). The molecule has 0 aromatic carbocycles. The Morgan fingerprint density at radius 2 is 2.20 bits per heavy atom. The number of rotatable bonds is 1. The van der Waals surface area contributed by atoms with Gasteiger partial charge >= 0.3 is 0 Å². The number of hydrogen-bond acceptors (Lipinski definition) is 4. The molecule has 5 nitrogen and oxygen atoms in total. The Morgan fingerprint density at radius 3 is 2.87 bits per heavy atom. The number of nitrogens with one attached hydrogen (secondary N) is 2. The molecule has 0 fully saturated rings. The molecule has 0 aliphatic heterocycles. The Balaban J connectivity index is 2.86. The van der Waals surface area contributed by atoms with E-state index in [1.54, 1.807) is 13.1 Å². The van der Waals surface area contributed by atoms with Crippen molar-refractivity contribution in [2.75, 3.05) is 12.4 Å². The van der Waals surface area contributed by atoms with Crippen molar-refractivity contribution in [3.05, 3.63) is 26.6 Å². The van der Waals surface area contributed by atoms with E-state index in [9.17, 15) is 4.79 Å². The highest BCUT2D eigenvalue weighted by molar-refractivity contribution is 9.10. The van der Waals surface area contributed by atoms with Crippen LogP contribution in [0, 0.1) is 6.92 Å².